The van der Waals surface area contributed by atoms with Crippen LogP contribution in [0.2, 0.25) is 0 Å². The summed E-state index contributed by atoms with van der Waals surface area (Å²) < 4.78 is 13.5. The van der Waals surface area contributed by atoms with E-state index in [-0.39, 0.29) is 23.5 Å². The van der Waals surface area contributed by atoms with Crippen LogP contribution >= 0.6 is 0 Å². The van der Waals surface area contributed by atoms with Gasteiger partial charge in [-0.25, -0.2) is 4.98 Å². The molecule has 1 aromatic heterocycles. The fourth-order valence-electron chi connectivity index (χ4n) is 4.23. The molecule has 10 heteroatoms. The summed E-state index contributed by atoms with van der Waals surface area (Å²) in [4.78, 5) is 43.7. The second kappa shape index (κ2) is 12.3. The first kappa shape index (κ1) is 30.7. The Balaban J connectivity index is 2.23. The lowest BCUT2D eigenvalue weighted by Gasteiger charge is -2.32. The number of nitrogens with zero attached hydrogens (tertiary/aromatic N) is 2. The normalized spacial score (nSPS) is 14.9. The van der Waals surface area contributed by atoms with Crippen molar-refractivity contribution in [2.45, 2.75) is 77.4 Å². The minimum atomic E-state index is -1.06. The van der Waals surface area contributed by atoms with E-state index in [1.165, 1.54) is 24.2 Å². The number of aromatic hydroxyl groups is 1. The molecular weight excluding hydrogens is 489 g/mol. The number of nitrogens with one attached hydrogen (secondary N) is 1. The zero-order valence-corrected chi connectivity index (χ0v) is 23.2. The summed E-state index contributed by atoms with van der Waals surface area (Å²) >= 11 is 0. The van der Waals surface area contributed by atoms with E-state index in [1.54, 1.807) is 45.0 Å². The van der Waals surface area contributed by atoms with Gasteiger partial charge in [-0.05, 0) is 46.2 Å². The number of pyridine rings is 1. The van der Waals surface area contributed by atoms with E-state index in [1.807, 2.05) is 20.8 Å². The molecule has 3 amide bonds. The van der Waals surface area contributed by atoms with Crippen LogP contribution in [0.5, 0.6) is 5.75 Å². The lowest BCUT2D eigenvalue weighted by molar-refractivity contribution is -0.142. The van der Waals surface area contributed by atoms with Crippen LogP contribution in [0.1, 0.15) is 64.2 Å². The van der Waals surface area contributed by atoms with Gasteiger partial charge < -0.3 is 26.8 Å². The number of halogens is 1. The Morgan fingerprint density at radius 2 is 1.76 bits per heavy atom. The van der Waals surface area contributed by atoms with Crippen molar-refractivity contribution < 1.29 is 23.9 Å². The van der Waals surface area contributed by atoms with E-state index in [0.29, 0.717) is 11.1 Å². The van der Waals surface area contributed by atoms with E-state index >= 15 is 0 Å². The van der Waals surface area contributed by atoms with Crippen molar-refractivity contribution in [1.29, 1.82) is 0 Å². The molecule has 9 nitrogen and oxygen atoms in total. The summed E-state index contributed by atoms with van der Waals surface area (Å²) in [6, 6.07) is 4.79. The zero-order valence-electron chi connectivity index (χ0n) is 23.2. The molecule has 0 saturated carbocycles. The van der Waals surface area contributed by atoms with Crippen molar-refractivity contribution in [3.8, 4) is 5.75 Å². The average molecular weight is 530 g/mol. The molecular formula is C28H40FN5O4. The summed E-state index contributed by atoms with van der Waals surface area (Å²) in [7, 11) is 1.46. The third kappa shape index (κ3) is 7.50. The predicted octanol–water partition coefficient (Wildman–Crippen LogP) is 2.35. The van der Waals surface area contributed by atoms with Crippen LogP contribution in [0.4, 0.5) is 4.39 Å². The number of rotatable bonds is 10. The van der Waals surface area contributed by atoms with E-state index in [4.69, 9.17) is 11.5 Å². The van der Waals surface area contributed by atoms with Crippen molar-refractivity contribution in [3.63, 3.8) is 0 Å². The van der Waals surface area contributed by atoms with Crippen LogP contribution < -0.4 is 16.8 Å². The van der Waals surface area contributed by atoms with Gasteiger partial charge in [-0.15, -0.1) is 0 Å². The Morgan fingerprint density at radius 3 is 2.29 bits per heavy atom. The smallest absolute Gasteiger partial charge is 0.245 e. The molecule has 0 aliphatic rings. The zero-order chi connectivity index (χ0) is 28.9. The molecule has 1 aromatic carbocycles. The van der Waals surface area contributed by atoms with E-state index in [0.717, 1.165) is 5.56 Å². The molecule has 208 valence electrons. The maximum Gasteiger partial charge on any atom is 0.245 e. The molecule has 2 aromatic rings. The molecule has 0 aliphatic heterocycles. The van der Waals surface area contributed by atoms with Gasteiger partial charge in [-0.2, -0.15) is 4.39 Å². The summed E-state index contributed by atoms with van der Waals surface area (Å²) in [5, 5.41) is 13.0. The Kier molecular flexibility index (Phi) is 9.97. The molecule has 2 rings (SSSR count). The van der Waals surface area contributed by atoms with Gasteiger partial charge in [0.25, 0.3) is 0 Å². The fourth-order valence-corrected chi connectivity index (χ4v) is 4.23. The number of carbonyl (C=O) groups is 3. The first-order valence-corrected chi connectivity index (χ1v) is 12.6. The molecule has 0 saturated heterocycles. The van der Waals surface area contributed by atoms with Gasteiger partial charge >= 0.3 is 0 Å². The molecule has 0 aliphatic carbocycles. The number of hydrogen-bond donors (Lipinski definition) is 4. The monoisotopic (exact) mass is 529 g/mol. The van der Waals surface area contributed by atoms with Gasteiger partial charge in [-0.3, -0.25) is 14.4 Å². The SMILES string of the molecule is CC(c1ccnc(F)c1)C(N)C(=O)N[C@H](C(=O)N(C)[C@@H](Cc1ccc(O)c(C(C)(C)C)c1)C(N)=O)C(C)C. The lowest BCUT2D eigenvalue weighted by atomic mass is 9.84. The molecule has 38 heavy (non-hydrogen) atoms. The summed E-state index contributed by atoms with van der Waals surface area (Å²) in [6.45, 7) is 11.1. The summed E-state index contributed by atoms with van der Waals surface area (Å²) in [5.74, 6) is -3.20. The van der Waals surface area contributed by atoms with Crippen molar-refractivity contribution in [3.05, 3.63) is 59.2 Å². The van der Waals surface area contributed by atoms with Gasteiger partial charge in [0.2, 0.25) is 23.7 Å². The molecule has 0 bridgehead atoms. The summed E-state index contributed by atoms with van der Waals surface area (Å²) in [6.07, 6.45) is 1.42. The van der Waals surface area contributed by atoms with Crippen LogP contribution in [-0.4, -0.2) is 57.9 Å². The van der Waals surface area contributed by atoms with Crippen LogP contribution in [0.3, 0.4) is 0 Å². The standard InChI is InChI=1S/C28H40FN5O4/c1-15(2)24(33-26(37)23(30)16(3)18-10-11-32-22(29)14-18)27(38)34(7)20(25(31)36)13-17-8-9-21(35)19(12-17)28(4,5)6/h8-12,14-16,20,23-24,35H,13,30H2,1-7H3,(H2,31,36)(H,33,37)/t16?,20-,23?,24-/m0/s1. The maximum absolute atomic E-state index is 13.5. The number of hydrogen-bond acceptors (Lipinski definition) is 6. The molecule has 0 radical (unpaired) electrons. The minimum Gasteiger partial charge on any atom is -0.508 e. The number of likely N-dealkylation sites (N-methyl/N-ethyl adjacent to an activating group) is 1. The number of phenolic OH excluding ortho intramolecular Hbond substituents is 1. The molecule has 0 spiro atoms. The molecule has 0 fully saturated rings. The Hall–Kier alpha value is -3.53. The second-order valence-corrected chi connectivity index (χ2v) is 11.1. The number of primary amides is 1. The number of amides is 3. The Bertz CT molecular complexity index is 1160. The van der Waals surface area contributed by atoms with E-state index in [2.05, 4.69) is 10.3 Å². The number of nitrogens with two attached hydrogens (primary N) is 2. The highest BCUT2D eigenvalue weighted by molar-refractivity contribution is 5.93. The molecule has 2 unspecified atom stereocenters. The third-order valence-corrected chi connectivity index (χ3v) is 6.79. The van der Waals surface area contributed by atoms with Gasteiger partial charge in [0.1, 0.15) is 17.8 Å². The van der Waals surface area contributed by atoms with Gasteiger partial charge in [0, 0.05) is 25.6 Å². The molecule has 6 N–H and O–H groups in total. The van der Waals surface area contributed by atoms with Crippen molar-refractivity contribution in [2.75, 3.05) is 7.05 Å². The van der Waals surface area contributed by atoms with Crippen LogP contribution in [-0.2, 0) is 26.2 Å². The van der Waals surface area contributed by atoms with Crippen LogP contribution in [0.25, 0.3) is 0 Å². The maximum atomic E-state index is 13.5. The number of benzene rings is 1. The average Bonchev–Trinajstić information content (AvgIpc) is 2.83. The van der Waals surface area contributed by atoms with E-state index < -0.39 is 47.7 Å². The van der Waals surface area contributed by atoms with Crippen molar-refractivity contribution in [1.82, 2.24) is 15.2 Å². The van der Waals surface area contributed by atoms with Gasteiger partial charge in [0.05, 0.1) is 6.04 Å². The third-order valence-electron chi connectivity index (χ3n) is 6.79. The van der Waals surface area contributed by atoms with Crippen LogP contribution in [0, 0.1) is 11.9 Å². The minimum absolute atomic E-state index is 0.129. The first-order valence-electron chi connectivity index (χ1n) is 12.6. The Morgan fingerprint density at radius 1 is 1.13 bits per heavy atom. The topological polar surface area (TPSA) is 152 Å². The molecule has 4 atom stereocenters. The quantitative estimate of drug-likeness (QED) is 0.347. The second-order valence-electron chi connectivity index (χ2n) is 11.1. The predicted molar refractivity (Wildman–Crippen MR) is 144 cm³/mol. The fraction of sp³-hybridized carbons (Fsp3) is 0.500. The highest BCUT2D eigenvalue weighted by Crippen LogP contribution is 2.31. The number of aromatic nitrogens is 1. The first-order chi connectivity index (χ1) is 17.5. The lowest BCUT2D eigenvalue weighted by Crippen LogP contribution is -2.58. The largest absolute Gasteiger partial charge is 0.508 e. The highest BCUT2D eigenvalue weighted by atomic mass is 19.1. The van der Waals surface area contributed by atoms with Gasteiger partial charge in [0.15, 0.2) is 0 Å². The van der Waals surface area contributed by atoms with Crippen molar-refractivity contribution >= 4 is 17.7 Å². The number of phenols is 1. The summed E-state index contributed by atoms with van der Waals surface area (Å²) in [5.41, 5.74) is 13.5. The Labute approximate surface area is 223 Å². The van der Waals surface area contributed by atoms with E-state index in [9.17, 15) is 23.9 Å². The van der Waals surface area contributed by atoms with Gasteiger partial charge in [-0.1, -0.05) is 53.7 Å². The van der Waals surface area contributed by atoms with Crippen LogP contribution in [0.15, 0.2) is 36.5 Å². The molecule has 1 heterocycles. The highest BCUT2D eigenvalue weighted by Gasteiger charge is 2.35. The van der Waals surface area contributed by atoms with Crippen molar-refractivity contribution in [2.24, 2.45) is 17.4 Å². The number of carbonyl (C=O) groups excluding carboxylic acids is 3.